The molecule has 1 heterocycles. The van der Waals surface area contributed by atoms with Crippen molar-refractivity contribution in [2.75, 3.05) is 6.54 Å². The van der Waals surface area contributed by atoms with Gasteiger partial charge in [0.2, 0.25) is 10.0 Å². The summed E-state index contributed by atoms with van der Waals surface area (Å²) in [6.45, 7) is 3.65. The van der Waals surface area contributed by atoms with Crippen molar-refractivity contribution in [1.29, 1.82) is 0 Å². The third-order valence-corrected chi connectivity index (χ3v) is 4.01. The molecule has 21 heavy (non-hydrogen) atoms. The number of carbonyl (C=O) groups is 2. The molecular formula is C12H19N3O5S. The van der Waals surface area contributed by atoms with E-state index in [1.165, 1.54) is 28.8 Å². The number of amides is 1. The number of hydrogen-bond acceptors (Lipinski definition) is 4. The van der Waals surface area contributed by atoms with Crippen LogP contribution >= 0.6 is 0 Å². The molecule has 1 atom stereocenters. The number of carboxylic acids is 1. The molecule has 0 bridgehead atoms. The summed E-state index contributed by atoms with van der Waals surface area (Å²) in [5, 5.41) is 13.8. The number of aryl methyl sites for hydroxylation is 1. The molecule has 0 fully saturated rings. The van der Waals surface area contributed by atoms with Crippen LogP contribution < -0.4 is 5.14 Å². The first-order chi connectivity index (χ1) is 9.57. The van der Waals surface area contributed by atoms with Gasteiger partial charge in [-0.15, -0.1) is 0 Å². The van der Waals surface area contributed by atoms with E-state index in [9.17, 15) is 18.0 Å². The zero-order valence-electron chi connectivity index (χ0n) is 12.1. The van der Waals surface area contributed by atoms with Crippen LogP contribution in [0.4, 0.5) is 0 Å². The average molecular weight is 317 g/mol. The molecule has 1 aromatic heterocycles. The van der Waals surface area contributed by atoms with E-state index in [1.807, 2.05) is 0 Å². The lowest BCUT2D eigenvalue weighted by Gasteiger charge is -2.27. The van der Waals surface area contributed by atoms with E-state index in [4.69, 9.17) is 10.2 Å². The number of aliphatic carboxylic acids is 1. The van der Waals surface area contributed by atoms with Crippen LogP contribution in [-0.4, -0.2) is 47.5 Å². The zero-order chi connectivity index (χ0) is 16.4. The number of hydrogen-bond donors (Lipinski definition) is 2. The van der Waals surface area contributed by atoms with Gasteiger partial charge < -0.3 is 14.6 Å². The molecule has 8 nitrogen and oxygen atoms in total. The van der Waals surface area contributed by atoms with Gasteiger partial charge in [-0.1, -0.05) is 0 Å². The molecule has 0 aliphatic rings. The number of sulfonamides is 1. The maximum absolute atomic E-state index is 12.4. The molecular weight excluding hydrogens is 298 g/mol. The number of nitrogens with zero attached hydrogens (tertiary/aromatic N) is 2. The highest BCUT2D eigenvalue weighted by Crippen LogP contribution is 2.16. The molecule has 1 aromatic rings. The quantitative estimate of drug-likeness (QED) is 0.764. The van der Waals surface area contributed by atoms with Crippen LogP contribution in [0.1, 0.15) is 30.8 Å². The highest BCUT2D eigenvalue weighted by molar-refractivity contribution is 7.89. The maximum Gasteiger partial charge on any atom is 0.305 e. The molecule has 1 unspecified atom stereocenters. The average Bonchev–Trinajstić information content (AvgIpc) is 2.70. The predicted molar refractivity (Wildman–Crippen MR) is 75.2 cm³/mol. The highest BCUT2D eigenvalue weighted by atomic mass is 32.2. The van der Waals surface area contributed by atoms with E-state index in [-0.39, 0.29) is 17.0 Å². The summed E-state index contributed by atoms with van der Waals surface area (Å²) in [5.74, 6) is -1.45. The first-order valence-electron chi connectivity index (χ1n) is 6.29. The topological polar surface area (TPSA) is 123 Å². The summed E-state index contributed by atoms with van der Waals surface area (Å²) in [5.41, 5.74) is 0.137. The minimum absolute atomic E-state index is 0.137. The second kappa shape index (κ2) is 6.27. The van der Waals surface area contributed by atoms with Crippen LogP contribution in [0.25, 0.3) is 0 Å². The van der Waals surface area contributed by atoms with Gasteiger partial charge >= 0.3 is 5.97 Å². The summed E-state index contributed by atoms with van der Waals surface area (Å²) < 4.78 is 24.0. The van der Waals surface area contributed by atoms with Crippen molar-refractivity contribution in [3.8, 4) is 0 Å². The lowest BCUT2D eigenvalue weighted by molar-refractivity contribution is -0.138. The fraction of sp³-hybridized carbons (Fsp3) is 0.500. The number of nitrogens with two attached hydrogens (primary N) is 1. The number of primary sulfonamides is 1. The lowest BCUT2D eigenvalue weighted by atomic mass is 10.2. The fourth-order valence-corrected chi connectivity index (χ4v) is 2.65. The van der Waals surface area contributed by atoms with Crippen LogP contribution in [-0.2, 0) is 21.9 Å². The Labute approximate surface area is 123 Å². The van der Waals surface area contributed by atoms with Crippen molar-refractivity contribution < 1.29 is 23.1 Å². The summed E-state index contributed by atoms with van der Waals surface area (Å²) >= 11 is 0. The predicted octanol–water partition coefficient (Wildman–Crippen LogP) is -0.00220. The summed E-state index contributed by atoms with van der Waals surface area (Å²) in [7, 11) is -2.37. The molecule has 0 saturated carbocycles. The van der Waals surface area contributed by atoms with Gasteiger partial charge in [0.15, 0.2) is 0 Å². The number of carboxylic acid groups (broad SMARTS) is 1. The molecule has 9 heteroatoms. The van der Waals surface area contributed by atoms with Gasteiger partial charge in [0.1, 0.15) is 10.6 Å². The Morgan fingerprint density at radius 3 is 2.43 bits per heavy atom. The number of rotatable bonds is 6. The van der Waals surface area contributed by atoms with Gasteiger partial charge in [-0.25, -0.2) is 13.6 Å². The normalized spacial score (nSPS) is 13.0. The molecule has 0 aromatic carbocycles. The van der Waals surface area contributed by atoms with E-state index in [2.05, 4.69) is 0 Å². The summed E-state index contributed by atoms with van der Waals surface area (Å²) in [4.78, 5) is 24.4. The Hall–Kier alpha value is -1.87. The van der Waals surface area contributed by atoms with Crippen molar-refractivity contribution in [2.45, 2.75) is 31.2 Å². The van der Waals surface area contributed by atoms with Gasteiger partial charge in [-0.2, -0.15) is 0 Å². The molecule has 1 amide bonds. The number of carbonyl (C=O) groups excluding carboxylic acids is 1. The minimum Gasteiger partial charge on any atom is -0.481 e. The number of aromatic nitrogens is 1. The third-order valence-electron chi connectivity index (χ3n) is 3.13. The van der Waals surface area contributed by atoms with Crippen molar-refractivity contribution in [1.82, 2.24) is 9.47 Å². The lowest BCUT2D eigenvalue weighted by Crippen LogP contribution is -2.40. The van der Waals surface area contributed by atoms with E-state index >= 15 is 0 Å². The first kappa shape index (κ1) is 17.2. The van der Waals surface area contributed by atoms with Crippen molar-refractivity contribution in [3.05, 3.63) is 18.0 Å². The van der Waals surface area contributed by atoms with E-state index < -0.39 is 27.9 Å². The molecule has 0 aliphatic heterocycles. The van der Waals surface area contributed by atoms with Gasteiger partial charge in [-0.05, 0) is 19.9 Å². The highest BCUT2D eigenvalue weighted by Gasteiger charge is 2.25. The van der Waals surface area contributed by atoms with Crippen LogP contribution in [0.3, 0.4) is 0 Å². The van der Waals surface area contributed by atoms with E-state index in [1.54, 1.807) is 13.8 Å². The summed E-state index contributed by atoms with van der Waals surface area (Å²) in [6, 6.07) is 0.682. The minimum atomic E-state index is -3.90. The molecule has 0 spiro atoms. The Morgan fingerprint density at radius 1 is 1.48 bits per heavy atom. The summed E-state index contributed by atoms with van der Waals surface area (Å²) in [6.07, 6.45) is 1.06. The molecule has 0 radical (unpaired) electrons. The second-order valence-electron chi connectivity index (χ2n) is 4.76. The largest absolute Gasteiger partial charge is 0.481 e. The Bertz CT molecular complexity index is 650. The van der Waals surface area contributed by atoms with Crippen molar-refractivity contribution in [3.63, 3.8) is 0 Å². The molecule has 3 N–H and O–H groups in total. The van der Waals surface area contributed by atoms with Crippen LogP contribution in [0.5, 0.6) is 0 Å². The first-order valence-corrected chi connectivity index (χ1v) is 7.84. The van der Waals surface area contributed by atoms with Crippen LogP contribution in [0.15, 0.2) is 17.2 Å². The fourth-order valence-electron chi connectivity index (χ4n) is 2.07. The molecule has 0 aliphatic carbocycles. The maximum atomic E-state index is 12.4. The SMILES string of the molecule is CCN(C(=O)c1cc(S(N)(=O)=O)cn1C)C(C)CC(=O)O. The monoisotopic (exact) mass is 317 g/mol. The third kappa shape index (κ3) is 4.05. The smallest absolute Gasteiger partial charge is 0.305 e. The second-order valence-corrected chi connectivity index (χ2v) is 6.32. The Balaban J connectivity index is 3.11. The van der Waals surface area contributed by atoms with Crippen molar-refractivity contribution in [2.24, 2.45) is 12.2 Å². The molecule has 0 saturated heterocycles. The van der Waals surface area contributed by atoms with Gasteiger partial charge in [0.25, 0.3) is 5.91 Å². The zero-order valence-corrected chi connectivity index (χ0v) is 12.9. The van der Waals surface area contributed by atoms with E-state index in [0.29, 0.717) is 6.54 Å². The molecule has 1 rings (SSSR count). The van der Waals surface area contributed by atoms with Crippen LogP contribution in [0, 0.1) is 0 Å². The Kier molecular flexibility index (Phi) is 5.13. The van der Waals surface area contributed by atoms with Crippen molar-refractivity contribution >= 4 is 21.9 Å². The standard InChI is InChI=1S/C12H19N3O5S/c1-4-15(8(2)5-11(16)17)12(18)10-6-9(7-14(10)3)21(13,19)20/h6-8H,4-5H2,1-3H3,(H,16,17)(H2,13,19,20). The Morgan fingerprint density at radius 2 is 2.05 bits per heavy atom. The van der Waals surface area contributed by atoms with Gasteiger partial charge in [0, 0.05) is 25.8 Å². The van der Waals surface area contributed by atoms with Gasteiger partial charge in [0.05, 0.1) is 6.42 Å². The van der Waals surface area contributed by atoms with E-state index in [0.717, 1.165) is 0 Å². The molecule has 118 valence electrons. The van der Waals surface area contributed by atoms with Crippen LogP contribution in [0.2, 0.25) is 0 Å². The van der Waals surface area contributed by atoms with Gasteiger partial charge in [-0.3, -0.25) is 9.59 Å².